The molecule has 0 heterocycles. The Morgan fingerprint density at radius 3 is 2.35 bits per heavy atom. The summed E-state index contributed by atoms with van der Waals surface area (Å²) in [5.74, 6) is -2.06. The molecule has 0 saturated heterocycles. The second kappa shape index (κ2) is 4.60. The molecular weight excluding hydrogens is 226 g/mol. The number of nitrogens with one attached hydrogen (secondary N) is 2. The van der Waals surface area contributed by atoms with E-state index in [4.69, 9.17) is 10.8 Å². The molecule has 17 heavy (non-hydrogen) atoms. The molecule has 0 aromatic heterocycles. The van der Waals surface area contributed by atoms with Gasteiger partial charge in [0, 0.05) is 6.04 Å². The van der Waals surface area contributed by atoms with Gasteiger partial charge < -0.3 is 21.5 Å². The Morgan fingerprint density at radius 2 is 2.00 bits per heavy atom. The van der Waals surface area contributed by atoms with Crippen molar-refractivity contribution in [1.29, 1.82) is 0 Å². The normalized spacial score (nSPS) is 22.4. The molecule has 1 aliphatic carbocycles. The van der Waals surface area contributed by atoms with E-state index in [0.29, 0.717) is 0 Å². The van der Waals surface area contributed by atoms with Gasteiger partial charge in [-0.25, -0.2) is 9.59 Å². The van der Waals surface area contributed by atoms with Crippen LogP contribution in [0.15, 0.2) is 0 Å². The van der Waals surface area contributed by atoms with E-state index in [9.17, 15) is 14.4 Å². The highest BCUT2D eigenvalue weighted by atomic mass is 16.4. The molecule has 1 rings (SSSR count). The number of carbonyl (C=O) groups is 3. The summed E-state index contributed by atoms with van der Waals surface area (Å²) in [5, 5.41) is 13.6. The monoisotopic (exact) mass is 243 g/mol. The first-order valence-electron chi connectivity index (χ1n) is 5.30. The number of rotatable bonds is 5. The minimum absolute atomic E-state index is 0.0468. The van der Waals surface area contributed by atoms with Gasteiger partial charge in [0.25, 0.3) is 0 Å². The van der Waals surface area contributed by atoms with E-state index in [1.807, 2.05) is 13.8 Å². The number of aliphatic carboxylic acids is 1. The van der Waals surface area contributed by atoms with E-state index >= 15 is 0 Å². The number of hydrogen-bond donors (Lipinski definition) is 4. The van der Waals surface area contributed by atoms with Gasteiger partial charge in [-0.05, 0) is 11.8 Å². The fourth-order valence-electron chi connectivity index (χ4n) is 1.47. The SMILES string of the molecule is CC1(C)CC1NC(=O)N[C@H](CC(N)=O)C(=O)O. The van der Waals surface area contributed by atoms with Crippen molar-refractivity contribution in [3.05, 3.63) is 0 Å². The van der Waals surface area contributed by atoms with E-state index in [2.05, 4.69) is 10.6 Å². The van der Waals surface area contributed by atoms with Gasteiger partial charge in [-0.1, -0.05) is 13.8 Å². The van der Waals surface area contributed by atoms with Crippen LogP contribution in [0.3, 0.4) is 0 Å². The van der Waals surface area contributed by atoms with Crippen molar-refractivity contribution in [2.24, 2.45) is 11.1 Å². The first kappa shape index (κ1) is 13.3. The van der Waals surface area contributed by atoms with Gasteiger partial charge in [0.15, 0.2) is 0 Å². The van der Waals surface area contributed by atoms with Crippen LogP contribution >= 0.6 is 0 Å². The fourth-order valence-corrected chi connectivity index (χ4v) is 1.47. The lowest BCUT2D eigenvalue weighted by Gasteiger charge is -2.14. The Hall–Kier alpha value is -1.79. The molecule has 0 aromatic rings. The zero-order valence-corrected chi connectivity index (χ0v) is 9.82. The molecular formula is C10H17N3O4. The van der Waals surface area contributed by atoms with Crippen molar-refractivity contribution in [2.75, 3.05) is 0 Å². The molecule has 7 nitrogen and oxygen atoms in total. The Balaban J connectivity index is 2.42. The van der Waals surface area contributed by atoms with E-state index in [0.717, 1.165) is 6.42 Å². The Bertz CT molecular complexity index is 353. The van der Waals surface area contributed by atoms with Crippen LogP contribution in [0.25, 0.3) is 0 Å². The second-order valence-electron chi connectivity index (χ2n) is 4.92. The van der Waals surface area contributed by atoms with Crippen LogP contribution in [-0.2, 0) is 9.59 Å². The molecule has 0 radical (unpaired) electrons. The fraction of sp³-hybridized carbons (Fsp3) is 0.700. The van der Waals surface area contributed by atoms with Crippen LogP contribution in [-0.4, -0.2) is 35.1 Å². The summed E-state index contributed by atoms with van der Waals surface area (Å²) in [6, 6.07) is -1.82. The lowest BCUT2D eigenvalue weighted by molar-refractivity contribution is -0.140. The van der Waals surface area contributed by atoms with Crippen molar-refractivity contribution in [1.82, 2.24) is 10.6 Å². The van der Waals surface area contributed by atoms with Crippen LogP contribution in [0, 0.1) is 5.41 Å². The summed E-state index contributed by atoms with van der Waals surface area (Å²) in [6.07, 6.45) is 0.435. The third kappa shape index (κ3) is 3.93. The number of nitrogens with two attached hydrogens (primary N) is 1. The highest BCUT2D eigenvalue weighted by molar-refractivity contribution is 5.87. The molecule has 5 N–H and O–H groups in total. The lowest BCUT2D eigenvalue weighted by Crippen LogP contribution is -2.48. The molecule has 1 aliphatic rings. The quantitative estimate of drug-likeness (QED) is 0.515. The number of carboxylic acids is 1. The first-order valence-corrected chi connectivity index (χ1v) is 5.30. The van der Waals surface area contributed by atoms with E-state index < -0.39 is 30.4 Å². The average Bonchev–Trinajstić information content (AvgIpc) is 2.71. The zero-order valence-electron chi connectivity index (χ0n) is 9.82. The molecule has 1 unspecified atom stereocenters. The number of urea groups is 1. The highest BCUT2D eigenvalue weighted by Gasteiger charge is 2.46. The van der Waals surface area contributed by atoms with Crippen molar-refractivity contribution < 1.29 is 19.5 Å². The van der Waals surface area contributed by atoms with E-state index in [1.165, 1.54) is 0 Å². The molecule has 0 spiro atoms. The molecule has 3 amide bonds. The van der Waals surface area contributed by atoms with Crippen LogP contribution < -0.4 is 16.4 Å². The van der Waals surface area contributed by atoms with Gasteiger partial charge >= 0.3 is 12.0 Å². The predicted molar refractivity (Wildman–Crippen MR) is 59.1 cm³/mol. The third-order valence-electron chi connectivity index (χ3n) is 2.83. The van der Waals surface area contributed by atoms with E-state index in [1.54, 1.807) is 0 Å². The van der Waals surface area contributed by atoms with Gasteiger partial charge in [0.05, 0.1) is 6.42 Å². The predicted octanol–water partition coefficient (Wildman–Crippen LogP) is -0.587. The molecule has 7 heteroatoms. The molecule has 0 bridgehead atoms. The molecule has 1 saturated carbocycles. The maximum Gasteiger partial charge on any atom is 0.326 e. The zero-order chi connectivity index (χ0) is 13.2. The minimum Gasteiger partial charge on any atom is -0.480 e. The second-order valence-corrected chi connectivity index (χ2v) is 4.92. The van der Waals surface area contributed by atoms with Crippen LogP contribution in [0.4, 0.5) is 4.79 Å². The van der Waals surface area contributed by atoms with Gasteiger partial charge in [0.1, 0.15) is 6.04 Å². The summed E-state index contributed by atoms with van der Waals surface area (Å²) in [4.78, 5) is 32.8. The van der Waals surface area contributed by atoms with Crippen LogP contribution in [0.1, 0.15) is 26.7 Å². The number of carboxylic acid groups (broad SMARTS) is 1. The summed E-state index contributed by atoms with van der Waals surface area (Å²) >= 11 is 0. The van der Waals surface area contributed by atoms with Gasteiger partial charge in [-0.2, -0.15) is 0 Å². The maximum absolute atomic E-state index is 11.4. The largest absolute Gasteiger partial charge is 0.480 e. The number of carbonyl (C=O) groups excluding carboxylic acids is 2. The topological polar surface area (TPSA) is 122 Å². The minimum atomic E-state index is -1.28. The summed E-state index contributed by atoms with van der Waals surface area (Å²) in [6.45, 7) is 3.99. The van der Waals surface area contributed by atoms with Gasteiger partial charge in [-0.3, -0.25) is 4.79 Å². The Kier molecular flexibility index (Phi) is 3.59. The smallest absolute Gasteiger partial charge is 0.326 e. The molecule has 1 fully saturated rings. The summed E-state index contributed by atoms with van der Waals surface area (Å²) < 4.78 is 0. The summed E-state index contributed by atoms with van der Waals surface area (Å²) in [5.41, 5.74) is 4.94. The van der Waals surface area contributed by atoms with Crippen LogP contribution in [0.2, 0.25) is 0 Å². The van der Waals surface area contributed by atoms with Crippen molar-refractivity contribution >= 4 is 17.9 Å². The molecule has 2 atom stereocenters. The average molecular weight is 243 g/mol. The van der Waals surface area contributed by atoms with Crippen molar-refractivity contribution in [2.45, 2.75) is 38.8 Å². The number of primary amides is 1. The Labute approximate surface area is 98.7 Å². The van der Waals surface area contributed by atoms with Crippen molar-refractivity contribution in [3.63, 3.8) is 0 Å². The van der Waals surface area contributed by atoms with Crippen molar-refractivity contribution in [3.8, 4) is 0 Å². The number of amides is 3. The van der Waals surface area contributed by atoms with Crippen LogP contribution in [0.5, 0.6) is 0 Å². The van der Waals surface area contributed by atoms with E-state index in [-0.39, 0.29) is 11.5 Å². The Morgan fingerprint density at radius 1 is 1.47 bits per heavy atom. The number of hydrogen-bond acceptors (Lipinski definition) is 3. The third-order valence-corrected chi connectivity index (χ3v) is 2.83. The van der Waals surface area contributed by atoms with Gasteiger partial charge in [0.2, 0.25) is 5.91 Å². The molecule has 0 aromatic carbocycles. The standard InChI is InChI=1S/C10H17N3O4/c1-10(2)4-6(10)13-9(17)12-5(8(15)16)3-7(11)14/h5-6H,3-4H2,1-2H3,(H2,11,14)(H,15,16)(H2,12,13,17)/t5-,6?/m1/s1. The maximum atomic E-state index is 11.4. The van der Waals surface area contributed by atoms with Gasteiger partial charge in [-0.15, -0.1) is 0 Å². The summed E-state index contributed by atoms with van der Waals surface area (Å²) in [7, 11) is 0. The first-order chi connectivity index (χ1) is 7.72. The highest BCUT2D eigenvalue weighted by Crippen LogP contribution is 2.44. The molecule has 96 valence electrons. The molecule has 0 aliphatic heterocycles. The lowest BCUT2D eigenvalue weighted by atomic mass is 10.2.